The normalized spacial score (nSPS) is 14.8. The maximum Gasteiger partial charge on any atom is 0.573 e. The second kappa shape index (κ2) is 6.50. The van der Waals surface area contributed by atoms with Crippen LogP contribution in [0.2, 0.25) is 0 Å². The average molecular weight is 346 g/mol. The predicted octanol–water partition coefficient (Wildman–Crippen LogP) is 2.19. The number of carbonyl (C=O) groups excluding carboxylic acids is 2. The highest BCUT2D eigenvalue weighted by molar-refractivity contribution is 5.97. The Hall–Kier alpha value is -2.58. The molecule has 1 aliphatic rings. The smallest absolute Gasteiger partial charge is 0.405 e. The highest BCUT2D eigenvalue weighted by Crippen LogP contribution is 2.29. The van der Waals surface area contributed by atoms with Crippen LogP contribution in [0.25, 0.3) is 0 Å². The Bertz CT molecular complexity index is 669. The number of alkyl halides is 3. The number of benzene rings is 1. The molecule has 1 aromatic rings. The summed E-state index contributed by atoms with van der Waals surface area (Å²) in [6.07, 6.45) is -3.88. The van der Waals surface area contributed by atoms with E-state index in [2.05, 4.69) is 11.3 Å². The predicted molar refractivity (Wildman–Crippen MR) is 75.7 cm³/mol. The van der Waals surface area contributed by atoms with Crippen LogP contribution >= 0.6 is 0 Å². The summed E-state index contributed by atoms with van der Waals surface area (Å²) in [5, 5.41) is 0. The molecule has 0 spiro atoms. The molecule has 1 fully saturated rings. The van der Waals surface area contributed by atoms with E-state index in [4.69, 9.17) is 0 Å². The first-order chi connectivity index (χ1) is 11.1. The molecule has 0 N–H and O–H groups in total. The van der Waals surface area contributed by atoms with Crippen molar-refractivity contribution in [2.24, 2.45) is 0 Å². The van der Waals surface area contributed by atoms with E-state index < -0.39 is 29.4 Å². The van der Waals surface area contributed by atoms with E-state index in [0.29, 0.717) is 6.07 Å². The minimum absolute atomic E-state index is 0.122. The number of amides is 2. The molecule has 130 valence electrons. The maximum absolute atomic E-state index is 13.3. The monoisotopic (exact) mass is 346 g/mol. The molecule has 5 nitrogen and oxygen atoms in total. The lowest BCUT2D eigenvalue weighted by atomic mass is 10.0. The van der Waals surface area contributed by atoms with Crippen LogP contribution in [-0.2, 0) is 4.79 Å². The molecular formula is C15H14F4N2O3. The lowest BCUT2D eigenvalue weighted by molar-refractivity contribution is -0.274. The second-order valence-corrected chi connectivity index (χ2v) is 5.21. The summed E-state index contributed by atoms with van der Waals surface area (Å²) in [6, 6.07) is 1.93. The van der Waals surface area contributed by atoms with Crippen molar-refractivity contribution in [2.75, 3.05) is 20.1 Å². The van der Waals surface area contributed by atoms with Gasteiger partial charge in [-0.05, 0) is 24.3 Å². The van der Waals surface area contributed by atoms with Gasteiger partial charge < -0.3 is 14.5 Å². The third-order valence-electron chi connectivity index (χ3n) is 3.62. The highest BCUT2D eigenvalue weighted by Gasteiger charge is 2.38. The van der Waals surface area contributed by atoms with Gasteiger partial charge in [0.25, 0.3) is 5.91 Å². The molecular weight excluding hydrogens is 332 g/mol. The van der Waals surface area contributed by atoms with Crippen molar-refractivity contribution in [1.82, 2.24) is 9.80 Å². The Kier molecular flexibility index (Phi) is 4.81. The average Bonchev–Trinajstić information content (AvgIpc) is 2.45. The SMILES string of the molecule is C=CC(=O)N(C)C1CN(C(=O)c2cc(F)ccc2OC(F)(F)F)C1. The summed E-state index contributed by atoms with van der Waals surface area (Å²) in [5.41, 5.74) is -0.525. The molecule has 0 saturated carbocycles. The van der Waals surface area contributed by atoms with Crippen molar-refractivity contribution < 1.29 is 31.9 Å². The summed E-state index contributed by atoms with van der Waals surface area (Å²) in [5.74, 6) is -2.76. The number of halogens is 4. The van der Waals surface area contributed by atoms with E-state index in [1.807, 2.05) is 0 Å². The van der Waals surface area contributed by atoms with Gasteiger partial charge >= 0.3 is 6.36 Å². The molecule has 0 radical (unpaired) electrons. The first-order valence-corrected chi connectivity index (χ1v) is 6.86. The van der Waals surface area contributed by atoms with Crippen molar-refractivity contribution in [2.45, 2.75) is 12.4 Å². The van der Waals surface area contributed by atoms with Crippen LogP contribution < -0.4 is 4.74 Å². The zero-order valence-corrected chi connectivity index (χ0v) is 12.6. The standard InChI is InChI=1S/C15H14F4N2O3/c1-3-13(22)20(2)10-7-21(8-10)14(23)11-6-9(16)4-5-12(11)24-15(17,18)19/h3-6,10H,1,7-8H2,2H3. The van der Waals surface area contributed by atoms with Crippen LogP contribution in [0.3, 0.4) is 0 Å². The van der Waals surface area contributed by atoms with Crippen LogP contribution in [0, 0.1) is 5.82 Å². The van der Waals surface area contributed by atoms with Gasteiger partial charge in [-0.2, -0.15) is 0 Å². The number of hydrogen-bond acceptors (Lipinski definition) is 3. The van der Waals surface area contributed by atoms with Gasteiger partial charge in [0.05, 0.1) is 11.6 Å². The quantitative estimate of drug-likeness (QED) is 0.620. The first kappa shape index (κ1) is 17.8. The number of nitrogens with zero attached hydrogens (tertiary/aromatic N) is 2. The lowest BCUT2D eigenvalue weighted by Gasteiger charge is -2.43. The molecule has 1 aromatic carbocycles. The molecule has 0 atom stereocenters. The molecule has 1 heterocycles. The zero-order valence-electron chi connectivity index (χ0n) is 12.6. The van der Waals surface area contributed by atoms with Crippen molar-refractivity contribution >= 4 is 11.8 Å². The van der Waals surface area contributed by atoms with Gasteiger partial charge in [-0.3, -0.25) is 9.59 Å². The van der Waals surface area contributed by atoms with E-state index in [1.54, 1.807) is 0 Å². The largest absolute Gasteiger partial charge is 0.573 e. The van der Waals surface area contributed by atoms with Crippen molar-refractivity contribution in [3.63, 3.8) is 0 Å². The van der Waals surface area contributed by atoms with Crippen LogP contribution in [-0.4, -0.2) is 54.2 Å². The molecule has 2 rings (SSSR count). The fourth-order valence-corrected chi connectivity index (χ4v) is 2.24. The van der Waals surface area contributed by atoms with Gasteiger partial charge in [-0.15, -0.1) is 13.2 Å². The Labute approximate surface area is 135 Å². The van der Waals surface area contributed by atoms with Crippen LogP contribution in [0.15, 0.2) is 30.9 Å². The zero-order chi connectivity index (χ0) is 18.1. The second-order valence-electron chi connectivity index (χ2n) is 5.21. The first-order valence-electron chi connectivity index (χ1n) is 6.86. The summed E-state index contributed by atoms with van der Waals surface area (Å²) < 4.78 is 54.2. The molecule has 9 heteroatoms. The Morgan fingerprint density at radius 3 is 2.54 bits per heavy atom. The summed E-state index contributed by atoms with van der Waals surface area (Å²) in [7, 11) is 1.52. The lowest BCUT2D eigenvalue weighted by Crippen LogP contribution is -2.61. The number of likely N-dealkylation sites (N-methyl/N-ethyl adjacent to an activating group) is 1. The fourth-order valence-electron chi connectivity index (χ4n) is 2.24. The Morgan fingerprint density at radius 1 is 1.38 bits per heavy atom. The van der Waals surface area contributed by atoms with E-state index in [9.17, 15) is 27.2 Å². The van der Waals surface area contributed by atoms with E-state index >= 15 is 0 Å². The molecule has 1 saturated heterocycles. The summed E-state index contributed by atoms with van der Waals surface area (Å²) in [4.78, 5) is 26.3. The van der Waals surface area contributed by atoms with Gasteiger partial charge in [-0.1, -0.05) is 6.58 Å². The van der Waals surface area contributed by atoms with E-state index in [0.717, 1.165) is 18.2 Å². The van der Waals surface area contributed by atoms with Crippen LogP contribution in [0.5, 0.6) is 5.75 Å². The maximum atomic E-state index is 13.3. The third kappa shape index (κ3) is 3.84. The molecule has 0 unspecified atom stereocenters. The minimum Gasteiger partial charge on any atom is -0.405 e. The number of carbonyl (C=O) groups is 2. The number of hydrogen-bond donors (Lipinski definition) is 0. The number of ether oxygens (including phenoxy) is 1. The van der Waals surface area contributed by atoms with E-state index in [-0.39, 0.29) is 25.0 Å². The van der Waals surface area contributed by atoms with Crippen LogP contribution in [0.1, 0.15) is 10.4 Å². The molecule has 1 aliphatic heterocycles. The minimum atomic E-state index is -5.00. The topological polar surface area (TPSA) is 49.9 Å². The van der Waals surface area contributed by atoms with Gasteiger partial charge in [0.15, 0.2) is 0 Å². The van der Waals surface area contributed by atoms with Gasteiger partial charge in [0.2, 0.25) is 5.91 Å². The summed E-state index contributed by atoms with van der Waals surface area (Å²) in [6.45, 7) is 3.59. The van der Waals surface area contributed by atoms with Crippen molar-refractivity contribution in [3.05, 3.63) is 42.2 Å². The number of rotatable bonds is 4. The molecule has 24 heavy (non-hydrogen) atoms. The molecule has 2 amide bonds. The fraction of sp³-hybridized carbons (Fsp3) is 0.333. The van der Waals surface area contributed by atoms with Gasteiger partial charge in [-0.25, -0.2) is 4.39 Å². The van der Waals surface area contributed by atoms with Gasteiger partial charge in [0, 0.05) is 20.1 Å². The Morgan fingerprint density at radius 2 is 2.00 bits per heavy atom. The molecule has 0 aliphatic carbocycles. The summed E-state index contributed by atoms with van der Waals surface area (Å²) >= 11 is 0. The number of likely N-dealkylation sites (tertiary alicyclic amines) is 1. The van der Waals surface area contributed by atoms with E-state index in [1.165, 1.54) is 16.8 Å². The third-order valence-corrected chi connectivity index (χ3v) is 3.62. The molecule has 0 aromatic heterocycles. The Balaban J connectivity index is 2.12. The highest BCUT2D eigenvalue weighted by atomic mass is 19.4. The molecule has 0 bridgehead atoms. The van der Waals surface area contributed by atoms with Gasteiger partial charge in [0.1, 0.15) is 11.6 Å². The van der Waals surface area contributed by atoms with Crippen molar-refractivity contribution in [1.29, 1.82) is 0 Å². The van der Waals surface area contributed by atoms with Crippen molar-refractivity contribution in [3.8, 4) is 5.75 Å². The van der Waals surface area contributed by atoms with Crippen LogP contribution in [0.4, 0.5) is 17.6 Å².